The molecule has 0 bridgehead atoms. The topological polar surface area (TPSA) is 46.2 Å². The molecule has 1 atom stereocenters. The molecule has 0 amide bonds. The molecule has 1 aliphatic heterocycles. The van der Waals surface area contributed by atoms with Crippen molar-refractivity contribution in [1.29, 1.82) is 0 Å². The molecule has 2 rings (SSSR count). The van der Waals surface area contributed by atoms with E-state index in [-0.39, 0.29) is 5.75 Å². The van der Waals surface area contributed by atoms with Crippen LogP contribution in [-0.4, -0.2) is 27.3 Å². The van der Waals surface area contributed by atoms with E-state index in [0.29, 0.717) is 10.8 Å². The van der Waals surface area contributed by atoms with E-state index in [2.05, 4.69) is 5.32 Å². The third-order valence-electron chi connectivity index (χ3n) is 3.53. The Hall–Kier alpha value is -0.870. The van der Waals surface area contributed by atoms with Gasteiger partial charge in [-0.2, -0.15) is 0 Å². The lowest BCUT2D eigenvalue weighted by molar-refractivity contribution is 0.505. The van der Waals surface area contributed by atoms with E-state index in [9.17, 15) is 8.42 Å². The Kier molecular flexibility index (Phi) is 4.40. The van der Waals surface area contributed by atoms with Crippen LogP contribution in [0, 0.1) is 12.8 Å². The summed E-state index contributed by atoms with van der Waals surface area (Å²) >= 11 is 0. The summed E-state index contributed by atoms with van der Waals surface area (Å²) in [4.78, 5) is 0.463. The Morgan fingerprint density at radius 2 is 1.89 bits per heavy atom. The normalized spacial score (nSPS) is 21.5. The summed E-state index contributed by atoms with van der Waals surface area (Å²) in [5.74, 6) is 0.587. The van der Waals surface area contributed by atoms with Gasteiger partial charge in [-0.15, -0.1) is 0 Å². The van der Waals surface area contributed by atoms with Gasteiger partial charge in [0.25, 0.3) is 0 Å². The Morgan fingerprint density at radius 3 is 2.61 bits per heavy atom. The molecule has 1 heterocycles. The van der Waals surface area contributed by atoms with Crippen LogP contribution in [0.4, 0.5) is 0 Å². The molecule has 100 valence electrons. The number of benzene rings is 1. The van der Waals surface area contributed by atoms with Gasteiger partial charge in [-0.3, -0.25) is 0 Å². The molecule has 1 N–H and O–H groups in total. The lowest BCUT2D eigenvalue weighted by Crippen LogP contribution is -2.18. The van der Waals surface area contributed by atoms with Crippen molar-refractivity contribution in [3.05, 3.63) is 29.8 Å². The quantitative estimate of drug-likeness (QED) is 0.913. The molecule has 3 nitrogen and oxygen atoms in total. The van der Waals surface area contributed by atoms with Crippen molar-refractivity contribution in [3.63, 3.8) is 0 Å². The summed E-state index contributed by atoms with van der Waals surface area (Å²) in [6, 6.07) is 7.17. The molecular formula is C14H21NO2S. The van der Waals surface area contributed by atoms with Gasteiger partial charge in [0, 0.05) is 0 Å². The first-order chi connectivity index (χ1) is 8.58. The molecule has 0 aliphatic carbocycles. The highest BCUT2D eigenvalue weighted by molar-refractivity contribution is 7.91. The summed E-state index contributed by atoms with van der Waals surface area (Å²) in [7, 11) is -3.12. The van der Waals surface area contributed by atoms with Crippen molar-refractivity contribution < 1.29 is 8.42 Å². The average Bonchev–Trinajstić information content (AvgIpc) is 2.57. The van der Waals surface area contributed by atoms with Crippen LogP contribution in [0.15, 0.2) is 29.2 Å². The maximum atomic E-state index is 12.3. The Bertz CT molecular complexity index is 471. The maximum absolute atomic E-state index is 12.3. The van der Waals surface area contributed by atoms with Crippen LogP contribution in [0.25, 0.3) is 0 Å². The number of aryl methyl sites for hydroxylation is 1. The molecule has 0 aromatic heterocycles. The predicted octanol–water partition coefficient (Wildman–Crippen LogP) is 2.16. The lowest BCUT2D eigenvalue weighted by Gasteiger charge is -2.14. The summed E-state index contributed by atoms with van der Waals surface area (Å²) in [5.41, 5.74) is 1.09. The minimum Gasteiger partial charge on any atom is -0.317 e. The van der Waals surface area contributed by atoms with E-state index in [1.54, 1.807) is 12.1 Å². The van der Waals surface area contributed by atoms with Crippen molar-refractivity contribution in [1.82, 2.24) is 5.32 Å². The number of sulfone groups is 1. The highest BCUT2D eigenvalue weighted by Gasteiger charge is 2.21. The summed E-state index contributed by atoms with van der Waals surface area (Å²) in [6.07, 6.45) is 3.05. The van der Waals surface area contributed by atoms with Crippen LogP contribution < -0.4 is 5.32 Å². The zero-order valence-corrected chi connectivity index (χ0v) is 11.7. The maximum Gasteiger partial charge on any atom is 0.178 e. The number of hydrogen-bond donors (Lipinski definition) is 1. The zero-order chi connectivity index (χ0) is 13.0. The first kappa shape index (κ1) is 13.6. The highest BCUT2D eigenvalue weighted by Crippen LogP contribution is 2.20. The van der Waals surface area contributed by atoms with E-state index in [1.165, 1.54) is 0 Å². The second-order valence-corrected chi connectivity index (χ2v) is 7.18. The van der Waals surface area contributed by atoms with Crippen molar-refractivity contribution in [3.8, 4) is 0 Å². The average molecular weight is 267 g/mol. The molecule has 0 spiro atoms. The van der Waals surface area contributed by atoms with Gasteiger partial charge in [-0.05, 0) is 57.3 Å². The molecule has 0 radical (unpaired) electrons. The molecule has 0 saturated carbocycles. The predicted molar refractivity (Wildman–Crippen MR) is 73.4 cm³/mol. The Morgan fingerprint density at radius 1 is 1.17 bits per heavy atom. The van der Waals surface area contributed by atoms with Crippen LogP contribution in [0.1, 0.15) is 24.8 Å². The molecule has 1 fully saturated rings. The van der Waals surface area contributed by atoms with Gasteiger partial charge in [0.1, 0.15) is 0 Å². The second kappa shape index (κ2) is 5.85. The molecule has 1 aromatic rings. The third-order valence-corrected chi connectivity index (χ3v) is 5.43. The van der Waals surface area contributed by atoms with E-state index in [4.69, 9.17) is 0 Å². The summed E-state index contributed by atoms with van der Waals surface area (Å²) in [5, 5.41) is 3.32. The third kappa shape index (κ3) is 3.56. The minimum atomic E-state index is -3.12. The first-order valence-corrected chi connectivity index (χ1v) is 8.23. The van der Waals surface area contributed by atoms with E-state index in [1.807, 2.05) is 19.1 Å². The zero-order valence-electron chi connectivity index (χ0n) is 10.9. The largest absolute Gasteiger partial charge is 0.317 e. The van der Waals surface area contributed by atoms with Gasteiger partial charge in [-0.25, -0.2) is 8.42 Å². The molecular weight excluding hydrogens is 246 g/mol. The fourth-order valence-corrected chi connectivity index (χ4v) is 4.11. The lowest BCUT2D eigenvalue weighted by atomic mass is 10.0. The highest BCUT2D eigenvalue weighted by atomic mass is 32.2. The molecule has 1 unspecified atom stereocenters. The van der Waals surface area contributed by atoms with Gasteiger partial charge in [0.05, 0.1) is 10.6 Å². The van der Waals surface area contributed by atoms with Crippen LogP contribution in [0.5, 0.6) is 0 Å². The number of hydrogen-bond acceptors (Lipinski definition) is 3. The number of rotatable bonds is 3. The van der Waals surface area contributed by atoms with Gasteiger partial charge in [-0.1, -0.05) is 17.7 Å². The summed E-state index contributed by atoms with van der Waals surface area (Å²) < 4.78 is 24.6. The van der Waals surface area contributed by atoms with Gasteiger partial charge < -0.3 is 5.32 Å². The monoisotopic (exact) mass is 267 g/mol. The van der Waals surface area contributed by atoms with Gasteiger partial charge in [0.15, 0.2) is 9.84 Å². The van der Waals surface area contributed by atoms with E-state index >= 15 is 0 Å². The summed E-state index contributed by atoms with van der Waals surface area (Å²) in [6.45, 7) is 3.92. The Balaban J connectivity index is 2.08. The van der Waals surface area contributed by atoms with E-state index < -0.39 is 9.84 Å². The van der Waals surface area contributed by atoms with Crippen molar-refractivity contribution in [2.45, 2.75) is 31.1 Å². The van der Waals surface area contributed by atoms with E-state index in [0.717, 1.165) is 37.9 Å². The molecule has 1 aromatic carbocycles. The molecule has 18 heavy (non-hydrogen) atoms. The standard InChI is InChI=1S/C14H21NO2S/c1-12-4-6-14(7-5-12)18(16,17)11-13-3-2-9-15-10-8-13/h4-7,13,15H,2-3,8-11H2,1H3. The van der Waals surface area contributed by atoms with Crippen LogP contribution >= 0.6 is 0 Å². The van der Waals surface area contributed by atoms with Crippen LogP contribution in [-0.2, 0) is 9.84 Å². The van der Waals surface area contributed by atoms with Crippen molar-refractivity contribution >= 4 is 9.84 Å². The van der Waals surface area contributed by atoms with Crippen molar-refractivity contribution in [2.24, 2.45) is 5.92 Å². The molecule has 4 heteroatoms. The van der Waals surface area contributed by atoms with Crippen molar-refractivity contribution in [2.75, 3.05) is 18.8 Å². The SMILES string of the molecule is Cc1ccc(S(=O)(=O)CC2CCCNCC2)cc1. The first-order valence-electron chi connectivity index (χ1n) is 6.58. The second-order valence-electron chi connectivity index (χ2n) is 5.14. The Labute approximate surface area is 110 Å². The minimum absolute atomic E-state index is 0.289. The van der Waals surface area contributed by atoms with Crippen LogP contribution in [0.2, 0.25) is 0 Å². The molecule has 1 aliphatic rings. The van der Waals surface area contributed by atoms with Gasteiger partial charge >= 0.3 is 0 Å². The fourth-order valence-electron chi connectivity index (χ4n) is 2.41. The number of nitrogens with one attached hydrogen (secondary N) is 1. The molecule has 1 saturated heterocycles. The smallest absolute Gasteiger partial charge is 0.178 e. The fraction of sp³-hybridized carbons (Fsp3) is 0.571. The van der Waals surface area contributed by atoms with Crippen LogP contribution in [0.3, 0.4) is 0 Å². The van der Waals surface area contributed by atoms with Gasteiger partial charge in [0.2, 0.25) is 0 Å².